The lowest BCUT2D eigenvalue weighted by molar-refractivity contribution is 0.110. The van der Waals surface area contributed by atoms with Gasteiger partial charge in [-0.2, -0.15) is 0 Å². The zero-order valence-electron chi connectivity index (χ0n) is 10.9. The second-order valence-corrected chi connectivity index (χ2v) is 4.88. The van der Waals surface area contributed by atoms with E-state index in [1.807, 2.05) is 35.0 Å². The lowest BCUT2D eigenvalue weighted by Gasteiger charge is -2.15. The average Bonchev–Trinajstić information content (AvgIpc) is 2.84. The molecular formula is C15H14N4O. The number of benzene rings is 1. The summed E-state index contributed by atoms with van der Waals surface area (Å²) in [6.45, 7) is 1.25. The molecule has 1 aliphatic heterocycles. The highest BCUT2D eigenvalue weighted by Gasteiger charge is 2.21. The minimum absolute atomic E-state index is 0.541. The molecule has 20 heavy (non-hydrogen) atoms. The van der Waals surface area contributed by atoms with Crippen LogP contribution in [0.2, 0.25) is 0 Å². The fourth-order valence-electron chi connectivity index (χ4n) is 2.72. The van der Waals surface area contributed by atoms with Gasteiger partial charge in [-0.05, 0) is 12.1 Å². The van der Waals surface area contributed by atoms with Crippen LogP contribution in [0.25, 0.3) is 16.6 Å². The second-order valence-electron chi connectivity index (χ2n) is 4.88. The molecule has 0 saturated heterocycles. The van der Waals surface area contributed by atoms with Gasteiger partial charge in [-0.3, -0.25) is 4.98 Å². The quantitative estimate of drug-likeness (QED) is 0.732. The number of nitrogen functional groups attached to an aromatic ring is 1. The monoisotopic (exact) mass is 266 g/mol. The highest BCUT2D eigenvalue weighted by Crippen LogP contribution is 2.28. The van der Waals surface area contributed by atoms with Gasteiger partial charge in [0, 0.05) is 23.6 Å². The molecule has 0 aliphatic carbocycles. The zero-order chi connectivity index (χ0) is 13.5. The van der Waals surface area contributed by atoms with Gasteiger partial charge in [0.05, 0.1) is 30.1 Å². The van der Waals surface area contributed by atoms with Crippen LogP contribution in [0.1, 0.15) is 11.3 Å². The Hall–Kier alpha value is -2.40. The Labute approximate surface area is 116 Å². The Kier molecular flexibility index (Phi) is 2.47. The molecule has 0 saturated carbocycles. The van der Waals surface area contributed by atoms with Gasteiger partial charge in [0.2, 0.25) is 0 Å². The molecule has 5 heteroatoms. The van der Waals surface area contributed by atoms with Crippen LogP contribution in [-0.2, 0) is 17.8 Å². The van der Waals surface area contributed by atoms with E-state index in [2.05, 4.69) is 10.1 Å². The van der Waals surface area contributed by atoms with Gasteiger partial charge in [0.15, 0.2) is 5.82 Å². The summed E-state index contributed by atoms with van der Waals surface area (Å²) in [5.41, 5.74) is 10.1. The van der Waals surface area contributed by atoms with Gasteiger partial charge < -0.3 is 10.5 Å². The normalized spacial score (nSPS) is 14.4. The van der Waals surface area contributed by atoms with Crippen LogP contribution in [0.15, 0.2) is 36.5 Å². The van der Waals surface area contributed by atoms with Gasteiger partial charge in [0.1, 0.15) is 0 Å². The average molecular weight is 266 g/mol. The van der Waals surface area contributed by atoms with E-state index in [4.69, 9.17) is 10.5 Å². The van der Waals surface area contributed by atoms with Crippen molar-refractivity contribution >= 4 is 16.7 Å². The van der Waals surface area contributed by atoms with Crippen LogP contribution in [-0.4, -0.2) is 21.4 Å². The van der Waals surface area contributed by atoms with Crippen LogP contribution in [0, 0.1) is 0 Å². The summed E-state index contributed by atoms with van der Waals surface area (Å²) in [7, 11) is 0. The molecule has 0 bridgehead atoms. The van der Waals surface area contributed by atoms with Crippen molar-refractivity contribution < 1.29 is 4.74 Å². The number of anilines is 1. The molecule has 0 unspecified atom stereocenters. The SMILES string of the molecule is Nc1nn(-c2cccc3cccnc23)c2c1COCC2. The first-order valence-corrected chi connectivity index (χ1v) is 6.63. The van der Waals surface area contributed by atoms with Crippen molar-refractivity contribution in [1.82, 2.24) is 14.8 Å². The van der Waals surface area contributed by atoms with Crippen molar-refractivity contribution in [3.8, 4) is 5.69 Å². The second kappa shape index (κ2) is 4.31. The van der Waals surface area contributed by atoms with E-state index in [1.54, 1.807) is 6.20 Å². The van der Waals surface area contributed by atoms with Gasteiger partial charge in [0.25, 0.3) is 0 Å². The molecule has 4 rings (SSSR count). The van der Waals surface area contributed by atoms with Gasteiger partial charge in [-0.1, -0.05) is 18.2 Å². The highest BCUT2D eigenvalue weighted by molar-refractivity contribution is 5.86. The number of fused-ring (bicyclic) bond motifs is 2. The number of nitrogens with zero attached hydrogens (tertiary/aromatic N) is 3. The molecule has 1 aliphatic rings. The maximum Gasteiger partial charge on any atom is 0.151 e. The number of hydrogen-bond donors (Lipinski definition) is 1. The number of hydrogen-bond acceptors (Lipinski definition) is 4. The third-order valence-electron chi connectivity index (χ3n) is 3.69. The number of aromatic nitrogens is 3. The van der Waals surface area contributed by atoms with Crippen LogP contribution < -0.4 is 5.73 Å². The van der Waals surface area contributed by atoms with Crippen LogP contribution in [0.5, 0.6) is 0 Å². The molecule has 5 nitrogen and oxygen atoms in total. The first-order valence-electron chi connectivity index (χ1n) is 6.63. The fourth-order valence-corrected chi connectivity index (χ4v) is 2.72. The van der Waals surface area contributed by atoms with E-state index in [-0.39, 0.29) is 0 Å². The first kappa shape index (κ1) is 11.4. The molecule has 2 N–H and O–H groups in total. The largest absolute Gasteiger partial charge is 0.382 e. The molecule has 3 aromatic rings. The molecule has 0 radical (unpaired) electrons. The zero-order valence-corrected chi connectivity index (χ0v) is 10.9. The Bertz CT molecular complexity index is 788. The summed E-state index contributed by atoms with van der Waals surface area (Å²) in [5, 5.41) is 5.58. The van der Waals surface area contributed by atoms with Crippen molar-refractivity contribution in [2.75, 3.05) is 12.3 Å². The van der Waals surface area contributed by atoms with E-state index in [0.29, 0.717) is 19.0 Å². The molecule has 3 heterocycles. The highest BCUT2D eigenvalue weighted by atomic mass is 16.5. The number of rotatable bonds is 1. The minimum atomic E-state index is 0.541. The molecular weight excluding hydrogens is 252 g/mol. The Morgan fingerprint density at radius 1 is 1.20 bits per heavy atom. The summed E-state index contributed by atoms with van der Waals surface area (Å²) >= 11 is 0. The topological polar surface area (TPSA) is 66.0 Å². The summed E-state index contributed by atoms with van der Waals surface area (Å²) in [6.07, 6.45) is 2.62. The summed E-state index contributed by atoms with van der Waals surface area (Å²) in [6, 6.07) is 10.1. The maximum atomic E-state index is 6.01. The number of pyridine rings is 1. The molecule has 0 amide bonds. The fraction of sp³-hybridized carbons (Fsp3) is 0.200. The Morgan fingerprint density at radius 3 is 3.05 bits per heavy atom. The standard InChI is InChI=1S/C15H14N4O/c16-15-11-9-20-8-6-12(11)19(18-15)13-5-1-3-10-4-2-7-17-14(10)13/h1-5,7H,6,8-9H2,(H2,16,18). The molecule has 1 aromatic carbocycles. The molecule has 0 spiro atoms. The molecule has 2 aromatic heterocycles. The smallest absolute Gasteiger partial charge is 0.151 e. The maximum absolute atomic E-state index is 6.01. The van der Waals surface area contributed by atoms with E-state index in [9.17, 15) is 0 Å². The molecule has 0 atom stereocenters. The minimum Gasteiger partial charge on any atom is -0.382 e. The summed E-state index contributed by atoms with van der Waals surface area (Å²) in [4.78, 5) is 4.48. The predicted molar refractivity (Wildman–Crippen MR) is 76.6 cm³/mol. The number of para-hydroxylation sites is 1. The van der Waals surface area contributed by atoms with Gasteiger partial charge in [-0.15, -0.1) is 5.10 Å². The van der Waals surface area contributed by atoms with E-state index >= 15 is 0 Å². The van der Waals surface area contributed by atoms with Crippen molar-refractivity contribution in [2.24, 2.45) is 0 Å². The molecule has 0 fully saturated rings. The lowest BCUT2D eigenvalue weighted by atomic mass is 10.1. The van der Waals surface area contributed by atoms with E-state index < -0.39 is 0 Å². The number of ether oxygens (including phenoxy) is 1. The Balaban J connectivity index is 2.00. The van der Waals surface area contributed by atoms with E-state index in [1.165, 1.54) is 0 Å². The van der Waals surface area contributed by atoms with Crippen molar-refractivity contribution in [3.05, 3.63) is 47.8 Å². The third-order valence-corrected chi connectivity index (χ3v) is 3.69. The summed E-state index contributed by atoms with van der Waals surface area (Å²) in [5.74, 6) is 0.549. The van der Waals surface area contributed by atoms with Crippen molar-refractivity contribution in [3.63, 3.8) is 0 Å². The number of nitrogens with two attached hydrogens (primary N) is 1. The van der Waals surface area contributed by atoms with Crippen molar-refractivity contribution in [2.45, 2.75) is 13.0 Å². The van der Waals surface area contributed by atoms with Crippen LogP contribution in [0.4, 0.5) is 5.82 Å². The Morgan fingerprint density at radius 2 is 2.10 bits per heavy atom. The van der Waals surface area contributed by atoms with Crippen LogP contribution in [0.3, 0.4) is 0 Å². The first-order chi connectivity index (χ1) is 9.84. The van der Waals surface area contributed by atoms with Gasteiger partial charge >= 0.3 is 0 Å². The molecule has 100 valence electrons. The van der Waals surface area contributed by atoms with Gasteiger partial charge in [-0.25, -0.2) is 4.68 Å². The van der Waals surface area contributed by atoms with E-state index in [0.717, 1.165) is 34.3 Å². The summed E-state index contributed by atoms with van der Waals surface area (Å²) < 4.78 is 7.38. The van der Waals surface area contributed by atoms with Crippen LogP contribution >= 0.6 is 0 Å². The third kappa shape index (κ3) is 1.60. The predicted octanol–water partition coefficient (Wildman–Crippen LogP) is 2.08. The lowest BCUT2D eigenvalue weighted by Crippen LogP contribution is -2.13. The van der Waals surface area contributed by atoms with Crippen molar-refractivity contribution in [1.29, 1.82) is 0 Å².